The molecule has 1 N–H and O–H groups in total. The highest BCUT2D eigenvalue weighted by molar-refractivity contribution is 5.90. The van der Waals surface area contributed by atoms with Crippen LogP contribution in [0.1, 0.15) is 66.2 Å². The van der Waals surface area contributed by atoms with Crippen LogP contribution in [0, 0.1) is 17.8 Å². The van der Waals surface area contributed by atoms with Gasteiger partial charge in [-0.25, -0.2) is 0 Å². The van der Waals surface area contributed by atoms with Crippen LogP contribution in [-0.4, -0.2) is 84.4 Å². The Morgan fingerprint density at radius 1 is 1.03 bits per heavy atom. The molecule has 0 aromatic carbocycles. The minimum atomic E-state index is -0.299. The molecule has 2 atom stereocenters. The number of carbonyl (C=O) groups excluding carboxylic acids is 2. The average Bonchev–Trinajstić information content (AvgIpc) is 2.66. The number of amides is 2. The van der Waals surface area contributed by atoms with Gasteiger partial charge in [-0.2, -0.15) is 0 Å². The topological polar surface area (TPSA) is 55.9 Å². The Labute approximate surface area is 183 Å². The summed E-state index contributed by atoms with van der Waals surface area (Å²) < 4.78 is 0. The molecule has 1 unspecified atom stereocenters. The zero-order chi connectivity index (χ0) is 21.7. The first kappa shape index (κ1) is 23.5. The molecule has 0 bridgehead atoms. The summed E-state index contributed by atoms with van der Waals surface area (Å²) in [6, 6.07) is -0.444. The van der Waals surface area contributed by atoms with Crippen LogP contribution in [0.5, 0.6) is 0 Å². The Hall–Kier alpha value is -1.14. The number of carbonyl (C=O) groups is 2. The molecule has 0 aromatic rings. The van der Waals surface area contributed by atoms with E-state index in [0.29, 0.717) is 18.4 Å². The monoisotopic (exact) mass is 420 g/mol. The zero-order valence-corrected chi connectivity index (χ0v) is 19.7. The number of hydrogen-bond donors (Lipinski definition) is 1. The van der Waals surface area contributed by atoms with Crippen molar-refractivity contribution in [2.75, 3.05) is 45.8 Å². The van der Waals surface area contributed by atoms with Crippen LogP contribution >= 0.6 is 0 Å². The van der Waals surface area contributed by atoms with Gasteiger partial charge in [-0.3, -0.25) is 9.59 Å². The average molecular weight is 421 g/mol. The van der Waals surface area contributed by atoms with Crippen LogP contribution in [0.2, 0.25) is 0 Å². The third kappa shape index (κ3) is 6.19. The van der Waals surface area contributed by atoms with E-state index < -0.39 is 0 Å². The lowest BCUT2D eigenvalue weighted by Gasteiger charge is -2.42. The maximum absolute atomic E-state index is 13.5. The van der Waals surface area contributed by atoms with Gasteiger partial charge in [0.25, 0.3) is 0 Å². The molecule has 0 aromatic heterocycles. The second kappa shape index (κ2) is 10.9. The molecule has 172 valence electrons. The van der Waals surface area contributed by atoms with Gasteiger partial charge < -0.3 is 20.0 Å². The summed E-state index contributed by atoms with van der Waals surface area (Å²) in [5, 5.41) is 3.38. The Morgan fingerprint density at radius 3 is 2.30 bits per heavy atom. The summed E-state index contributed by atoms with van der Waals surface area (Å²) >= 11 is 0. The van der Waals surface area contributed by atoms with Crippen LogP contribution in [0.3, 0.4) is 0 Å². The van der Waals surface area contributed by atoms with E-state index in [1.54, 1.807) is 0 Å². The molecule has 3 aliphatic rings. The molecule has 0 spiro atoms. The number of nitrogens with zero attached hydrogens (tertiary/aromatic N) is 3. The molecule has 0 radical (unpaired) electrons. The van der Waals surface area contributed by atoms with Crippen molar-refractivity contribution in [3.05, 3.63) is 0 Å². The van der Waals surface area contributed by atoms with Crippen molar-refractivity contribution in [2.24, 2.45) is 17.8 Å². The van der Waals surface area contributed by atoms with E-state index in [1.807, 2.05) is 4.90 Å². The Bertz CT molecular complexity index is 568. The van der Waals surface area contributed by atoms with E-state index in [4.69, 9.17) is 0 Å². The molecule has 0 saturated carbocycles. The summed E-state index contributed by atoms with van der Waals surface area (Å²) in [4.78, 5) is 33.2. The van der Waals surface area contributed by atoms with Crippen molar-refractivity contribution in [1.82, 2.24) is 20.0 Å². The lowest BCUT2D eigenvalue weighted by molar-refractivity contribution is -0.150. The van der Waals surface area contributed by atoms with Crippen molar-refractivity contribution in [3.8, 4) is 0 Å². The van der Waals surface area contributed by atoms with Crippen molar-refractivity contribution >= 4 is 11.8 Å². The summed E-state index contributed by atoms with van der Waals surface area (Å²) in [6.45, 7) is 15.5. The van der Waals surface area contributed by atoms with Gasteiger partial charge in [-0.05, 0) is 75.9 Å². The summed E-state index contributed by atoms with van der Waals surface area (Å²) in [6.07, 6.45) is 6.44. The van der Waals surface area contributed by atoms with Crippen molar-refractivity contribution in [2.45, 2.75) is 78.3 Å². The van der Waals surface area contributed by atoms with Crippen LogP contribution < -0.4 is 5.32 Å². The largest absolute Gasteiger partial charge is 0.341 e. The van der Waals surface area contributed by atoms with Crippen LogP contribution in [-0.2, 0) is 9.59 Å². The van der Waals surface area contributed by atoms with Gasteiger partial charge in [0.1, 0.15) is 6.04 Å². The molecule has 2 amide bonds. The summed E-state index contributed by atoms with van der Waals surface area (Å²) in [5.74, 6) is 1.90. The van der Waals surface area contributed by atoms with E-state index in [1.165, 1.54) is 32.5 Å². The van der Waals surface area contributed by atoms with Crippen LogP contribution in [0.25, 0.3) is 0 Å². The Balaban J connectivity index is 1.57. The molecule has 6 heteroatoms. The number of piperazine rings is 1. The molecular weight excluding hydrogens is 376 g/mol. The van der Waals surface area contributed by atoms with E-state index in [9.17, 15) is 9.59 Å². The number of piperidine rings is 1. The lowest BCUT2D eigenvalue weighted by Crippen LogP contribution is -2.62. The van der Waals surface area contributed by atoms with Crippen LogP contribution in [0.15, 0.2) is 0 Å². The first-order valence-corrected chi connectivity index (χ1v) is 12.4. The van der Waals surface area contributed by atoms with Crippen molar-refractivity contribution in [1.29, 1.82) is 0 Å². The highest BCUT2D eigenvalue weighted by Gasteiger charge is 2.39. The molecule has 3 heterocycles. The number of hydrogen-bond acceptors (Lipinski definition) is 4. The Morgan fingerprint density at radius 2 is 1.73 bits per heavy atom. The third-order valence-electron chi connectivity index (χ3n) is 7.12. The quantitative estimate of drug-likeness (QED) is 0.623. The van der Waals surface area contributed by atoms with Gasteiger partial charge in [0.2, 0.25) is 11.8 Å². The highest BCUT2D eigenvalue weighted by atomic mass is 16.2. The predicted octanol–water partition coefficient (Wildman–Crippen LogP) is 2.58. The fraction of sp³-hybridized carbons (Fsp3) is 0.917. The second-order valence-corrected chi connectivity index (χ2v) is 10.6. The third-order valence-corrected chi connectivity index (χ3v) is 7.12. The smallest absolute Gasteiger partial charge is 0.245 e. The fourth-order valence-corrected chi connectivity index (χ4v) is 5.15. The first-order valence-electron chi connectivity index (χ1n) is 12.4. The van der Waals surface area contributed by atoms with E-state index in [2.05, 4.69) is 42.8 Å². The van der Waals surface area contributed by atoms with Crippen molar-refractivity contribution < 1.29 is 9.59 Å². The zero-order valence-electron chi connectivity index (χ0n) is 19.7. The number of nitrogens with one attached hydrogen (secondary N) is 1. The van der Waals surface area contributed by atoms with Gasteiger partial charge in [-0.15, -0.1) is 0 Å². The van der Waals surface area contributed by atoms with E-state index in [0.717, 1.165) is 51.2 Å². The van der Waals surface area contributed by atoms with Gasteiger partial charge in [0.05, 0.1) is 6.04 Å². The Kier molecular flexibility index (Phi) is 8.58. The van der Waals surface area contributed by atoms with Crippen molar-refractivity contribution in [3.63, 3.8) is 0 Å². The molecule has 3 aliphatic heterocycles. The molecule has 30 heavy (non-hydrogen) atoms. The van der Waals surface area contributed by atoms with Crippen LogP contribution in [0.4, 0.5) is 0 Å². The maximum atomic E-state index is 13.5. The SMILES string of the molecule is CC(C)CC(C(=O)N1CCC(CCN2CCC2)CC1)N1CCN[C@@H](CC(C)C)C1=O. The molecule has 3 rings (SSSR count). The lowest BCUT2D eigenvalue weighted by atomic mass is 9.91. The van der Waals surface area contributed by atoms with Gasteiger partial charge in [0, 0.05) is 26.2 Å². The molecule has 3 fully saturated rings. The van der Waals surface area contributed by atoms with Gasteiger partial charge >= 0.3 is 0 Å². The number of likely N-dealkylation sites (tertiary alicyclic amines) is 2. The van der Waals surface area contributed by atoms with E-state index in [-0.39, 0.29) is 23.9 Å². The number of rotatable bonds is 9. The molecule has 0 aliphatic carbocycles. The second-order valence-electron chi connectivity index (χ2n) is 10.6. The minimum Gasteiger partial charge on any atom is -0.341 e. The van der Waals surface area contributed by atoms with E-state index >= 15 is 0 Å². The van der Waals surface area contributed by atoms with Gasteiger partial charge in [-0.1, -0.05) is 27.7 Å². The normalized spacial score (nSPS) is 25.1. The predicted molar refractivity (Wildman–Crippen MR) is 121 cm³/mol. The fourth-order valence-electron chi connectivity index (χ4n) is 5.15. The standard InChI is InChI=1S/C24H44N4O2/c1-18(2)16-21-23(29)28(15-9-25-21)22(17-19(3)4)24(30)27-13-7-20(8-14-27)6-12-26-10-5-11-26/h18-22,25H,5-17H2,1-4H3/t21-,22?/m0/s1. The molecule has 6 nitrogen and oxygen atoms in total. The summed E-state index contributed by atoms with van der Waals surface area (Å²) in [5.41, 5.74) is 0. The highest BCUT2D eigenvalue weighted by Crippen LogP contribution is 2.25. The summed E-state index contributed by atoms with van der Waals surface area (Å²) in [7, 11) is 0. The van der Waals surface area contributed by atoms with Gasteiger partial charge in [0.15, 0.2) is 0 Å². The molecular formula is C24H44N4O2. The maximum Gasteiger partial charge on any atom is 0.245 e. The minimum absolute atomic E-state index is 0.124. The molecule has 3 saturated heterocycles. The first-order chi connectivity index (χ1) is 14.3.